The van der Waals surface area contributed by atoms with Crippen LogP contribution < -0.4 is 4.90 Å². The van der Waals surface area contributed by atoms with Crippen LogP contribution in [-0.4, -0.2) is 28.5 Å². The second-order valence-electron chi connectivity index (χ2n) is 6.29. The Morgan fingerprint density at radius 2 is 1.56 bits per heavy atom. The molecule has 1 aliphatic heterocycles. The van der Waals surface area contributed by atoms with Gasteiger partial charge >= 0.3 is 172 Å². The molecule has 27 heavy (non-hydrogen) atoms. The molecule has 6 heteroatoms. The van der Waals surface area contributed by atoms with Gasteiger partial charge in [0.05, 0.1) is 0 Å². The van der Waals surface area contributed by atoms with Crippen LogP contribution in [0.3, 0.4) is 0 Å². The first-order chi connectivity index (χ1) is 13.0. The van der Waals surface area contributed by atoms with E-state index < -0.39 is 9.84 Å². The molecule has 136 valence electrons. The molecule has 3 aromatic rings. The van der Waals surface area contributed by atoms with Crippen molar-refractivity contribution in [2.45, 2.75) is 22.6 Å². The second-order valence-corrected chi connectivity index (χ2v) is 9.63. The van der Waals surface area contributed by atoms with Crippen LogP contribution in [0, 0.1) is 0 Å². The van der Waals surface area contributed by atoms with Crippen LogP contribution in [0.4, 0.5) is 11.4 Å². The molecule has 0 fully saturated rings. The van der Waals surface area contributed by atoms with Crippen LogP contribution >= 0.6 is 11.6 Å². The Morgan fingerprint density at radius 3 is 2.33 bits per heavy atom. The summed E-state index contributed by atoms with van der Waals surface area (Å²) < 4.78 is 27.7. The molecule has 0 saturated carbocycles. The molecule has 4 rings (SSSR count). The SMILES string of the molecule is O=S(=O)(c1ccccc1)c1cc(Cl)ccc1N1C(=[Se])CCc2ccccc21. The van der Waals surface area contributed by atoms with Crippen molar-refractivity contribution in [2.24, 2.45) is 0 Å². The summed E-state index contributed by atoms with van der Waals surface area (Å²) in [5.41, 5.74) is 2.78. The number of nitrogens with zero attached hydrogens (tertiary/aromatic N) is 1. The van der Waals surface area contributed by atoms with Crippen LogP contribution in [0.2, 0.25) is 5.02 Å². The molecule has 0 spiro atoms. The molecule has 0 unspecified atom stereocenters. The third kappa shape index (κ3) is 3.37. The monoisotopic (exact) mass is 461 g/mol. The van der Waals surface area contributed by atoms with E-state index in [1.165, 1.54) is 11.6 Å². The fourth-order valence-electron chi connectivity index (χ4n) is 3.31. The second kappa shape index (κ2) is 7.25. The molecule has 0 saturated heterocycles. The van der Waals surface area contributed by atoms with E-state index in [4.69, 9.17) is 11.6 Å². The van der Waals surface area contributed by atoms with Gasteiger partial charge < -0.3 is 0 Å². The van der Waals surface area contributed by atoms with E-state index in [1.807, 2.05) is 23.1 Å². The fraction of sp³-hybridized carbons (Fsp3) is 0.0952. The number of aryl methyl sites for hydroxylation is 1. The third-order valence-electron chi connectivity index (χ3n) is 4.60. The Hall–Kier alpha value is -1.91. The molecule has 0 aliphatic carbocycles. The summed E-state index contributed by atoms with van der Waals surface area (Å²) in [6.07, 6.45) is 1.74. The van der Waals surface area contributed by atoms with E-state index in [0.717, 1.165) is 23.1 Å². The van der Waals surface area contributed by atoms with Gasteiger partial charge in [0.25, 0.3) is 0 Å². The first-order valence-corrected chi connectivity index (χ1v) is 11.2. The average molecular weight is 461 g/mol. The van der Waals surface area contributed by atoms with Gasteiger partial charge in [-0.05, 0) is 0 Å². The van der Waals surface area contributed by atoms with Gasteiger partial charge in [0.2, 0.25) is 0 Å². The predicted octanol–water partition coefficient (Wildman–Crippen LogP) is 4.56. The van der Waals surface area contributed by atoms with E-state index in [9.17, 15) is 8.42 Å². The van der Waals surface area contributed by atoms with Gasteiger partial charge in [-0.15, -0.1) is 0 Å². The predicted molar refractivity (Wildman–Crippen MR) is 111 cm³/mol. The average Bonchev–Trinajstić information content (AvgIpc) is 2.69. The molecule has 1 aliphatic rings. The molecular formula is C21H16ClNO2SSe. The summed E-state index contributed by atoms with van der Waals surface area (Å²) >= 11 is 9.30. The number of hydrogen-bond acceptors (Lipinski definition) is 3. The molecule has 0 aromatic heterocycles. The van der Waals surface area contributed by atoms with Crippen LogP contribution in [-0.2, 0) is 16.3 Å². The molecular weight excluding hydrogens is 445 g/mol. The molecule has 0 amide bonds. The Kier molecular flexibility index (Phi) is 4.95. The van der Waals surface area contributed by atoms with Gasteiger partial charge in [0.1, 0.15) is 0 Å². The zero-order chi connectivity index (χ0) is 19.0. The minimum absolute atomic E-state index is 0.200. The van der Waals surface area contributed by atoms with E-state index in [0.29, 0.717) is 10.7 Å². The number of para-hydroxylation sites is 1. The van der Waals surface area contributed by atoms with Crippen molar-refractivity contribution in [3.05, 3.63) is 83.4 Å². The standard InChI is InChI=1S/C21H16ClNO2SSe/c22-16-11-12-19(20(14-16)26(24,25)17-7-2-1-3-8-17)23-18-9-5-4-6-15(18)10-13-21(23)27/h1-9,11-12,14H,10,13H2. The summed E-state index contributed by atoms with van der Waals surface area (Å²) in [5.74, 6) is 0. The van der Waals surface area contributed by atoms with Crippen LogP contribution in [0.5, 0.6) is 0 Å². The minimum atomic E-state index is -3.72. The van der Waals surface area contributed by atoms with Crippen molar-refractivity contribution in [3.8, 4) is 0 Å². The fourth-order valence-corrected chi connectivity index (χ4v) is 5.66. The van der Waals surface area contributed by atoms with E-state index in [2.05, 4.69) is 21.6 Å². The Morgan fingerprint density at radius 1 is 0.852 bits per heavy atom. The van der Waals surface area contributed by atoms with E-state index in [-0.39, 0.29) is 9.79 Å². The van der Waals surface area contributed by atoms with Gasteiger partial charge in [0.15, 0.2) is 0 Å². The molecule has 0 atom stereocenters. The van der Waals surface area contributed by atoms with E-state index in [1.54, 1.807) is 42.5 Å². The van der Waals surface area contributed by atoms with Crippen LogP contribution in [0.1, 0.15) is 12.0 Å². The van der Waals surface area contributed by atoms with Crippen molar-refractivity contribution < 1.29 is 8.42 Å². The number of fused-ring (bicyclic) bond motifs is 1. The first-order valence-electron chi connectivity index (χ1n) is 8.49. The zero-order valence-electron chi connectivity index (χ0n) is 14.3. The summed E-state index contributed by atoms with van der Waals surface area (Å²) in [6.45, 7) is 0. The van der Waals surface area contributed by atoms with Gasteiger partial charge in [-0.25, -0.2) is 0 Å². The van der Waals surface area contributed by atoms with Crippen molar-refractivity contribution in [2.75, 3.05) is 4.90 Å². The molecule has 1 heterocycles. The van der Waals surface area contributed by atoms with Crippen molar-refractivity contribution in [1.82, 2.24) is 0 Å². The maximum absolute atomic E-state index is 13.4. The topological polar surface area (TPSA) is 37.4 Å². The quantitative estimate of drug-likeness (QED) is 0.538. The molecule has 0 radical (unpaired) electrons. The zero-order valence-corrected chi connectivity index (χ0v) is 17.6. The third-order valence-corrected chi connectivity index (χ3v) is 7.44. The van der Waals surface area contributed by atoms with Gasteiger partial charge in [-0.3, -0.25) is 0 Å². The number of halogens is 1. The van der Waals surface area contributed by atoms with Crippen LogP contribution in [0.25, 0.3) is 0 Å². The molecule has 0 bridgehead atoms. The molecule has 0 N–H and O–H groups in total. The Balaban J connectivity index is 1.95. The van der Waals surface area contributed by atoms with Crippen molar-refractivity contribution in [1.29, 1.82) is 0 Å². The van der Waals surface area contributed by atoms with Crippen molar-refractivity contribution >= 4 is 52.9 Å². The molecule has 3 aromatic carbocycles. The van der Waals surface area contributed by atoms with Gasteiger partial charge in [0, 0.05) is 0 Å². The summed E-state index contributed by atoms with van der Waals surface area (Å²) in [6, 6.07) is 21.5. The summed E-state index contributed by atoms with van der Waals surface area (Å²) in [4.78, 5) is 2.44. The number of rotatable bonds is 3. The Labute approximate surface area is 171 Å². The maximum atomic E-state index is 13.4. The Bertz CT molecular complexity index is 1130. The summed E-state index contributed by atoms with van der Waals surface area (Å²) in [5, 5.41) is 0.389. The van der Waals surface area contributed by atoms with E-state index >= 15 is 0 Å². The first kappa shape index (κ1) is 18.5. The number of anilines is 2. The van der Waals surface area contributed by atoms with Gasteiger partial charge in [-0.1, -0.05) is 0 Å². The number of hydrogen-bond donors (Lipinski definition) is 0. The number of sulfone groups is 1. The molecule has 3 nitrogen and oxygen atoms in total. The number of benzene rings is 3. The normalized spacial score (nSPS) is 14.1. The van der Waals surface area contributed by atoms with Crippen LogP contribution in [0.15, 0.2) is 82.6 Å². The van der Waals surface area contributed by atoms with Gasteiger partial charge in [-0.2, -0.15) is 0 Å². The summed E-state index contributed by atoms with van der Waals surface area (Å²) in [7, 11) is -3.72. The van der Waals surface area contributed by atoms with Crippen molar-refractivity contribution in [3.63, 3.8) is 0 Å².